The topological polar surface area (TPSA) is 58.5 Å². The minimum Gasteiger partial charge on any atom is -0.494 e. The number of hydrogen-bond acceptors (Lipinski definition) is 4. The van der Waals surface area contributed by atoms with E-state index in [4.69, 9.17) is 9.72 Å². The largest absolute Gasteiger partial charge is 0.494 e. The Labute approximate surface area is 184 Å². The number of para-hydroxylation sites is 1. The Hall–Kier alpha value is -1.35. The Morgan fingerprint density at radius 3 is 2.56 bits per heavy atom. The summed E-state index contributed by atoms with van der Waals surface area (Å²) in [4.78, 5) is 9.41. The van der Waals surface area contributed by atoms with Crippen molar-refractivity contribution in [2.24, 2.45) is 4.99 Å². The molecule has 0 radical (unpaired) electrons. The number of aromatic nitrogens is 1. The Bertz CT molecular complexity index is 725. The quantitative estimate of drug-likeness (QED) is 0.327. The number of guanidine groups is 1. The fourth-order valence-electron chi connectivity index (χ4n) is 2.33. The van der Waals surface area contributed by atoms with Gasteiger partial charge in [0, 0.05) is 22.9 Å². The molecule has 2 aromatic rings. The fourth-order valence-corrected chi connectivity index (χ4v) is 3.29. The number of benzene rings is 1. The molecule has 150 valence electrons. The second kappa shape index (κ2) is 11.5. The van der Waals surface area contributed by atoms with E-state index in [1.54, 1.807) is 11.3 Å². The summed E-state index contributed by atoms with van der Waals surface area (Å²) >= 11 is 1.68. The van der Waals surface area contributed by atoms with Crippen molar-refractivity contribution in [1.29, 1.82) is 0 Å². The standard InChI is InChI=1S/C20H30N4OS.HI/c1-6-21-19(22-12-15-10-8-9-11-16(15)25-7-2)23-13-18-24-17(14-26-18)20(3,4)5;/h8-11,14H,6-7,12-13H2,1-5H3,(H2,21,22,23);1H. The summed E-state index contributed by atoms with van der Waals surface area (Å²) in [6.07, 6.45) is 0. The van der Waals surface area contributed by atoms with E-state index in [1.807, 2.05) is 25.1 Å². The molecule has 5 nitrogen and oxygen atoms in total. The van der Waals surface area contributed by atoms with Gasteiger partial charge in [-0.25, -0.2) is 9.98 Å². The van der Waals surface area contributed by atoms with Gasteiger partial charge in [-0.15, -0.1) is 35.3 Å². The van der Waals surface area contributed by atoms with E-state index in [2.05, 4.69) is 54.8 Å². The summed E-state index contributed by atoms with van der Waals surface area (Å²) in [7, 11) is 0. The number of halogens is 1. The summed E-state index contributed by atoms with van der Waals surface area (Å²) < 4.78 is 5.67. The smallest absolute Gasteiger partial charge is 0.191 e. The number of thiazole rings is 1. The van der Waals surface area contributed by atoms with Gasteiger partial charge < -0.3 is 15.4 Å². The second-order valence-electron chi connectivity index (χ2n) is 6.97. The van der Waals surface area contributed by atoms with Crippen LogP contribution in [0.4, 0.5) is 0 Å². The molecule has 2 N–H and O–H groups in total. The number of aliphatic imine (C=N–C) groups is 1. The Balaban J connectivity index is 0.00000364. The summed E-state index contributed by atoms with van der Waals surface area (Å²) in [5.74, 6) is 1.68. The van der Waals surface area contributed by atoms with Gasteiger partial charge in [0.25, 0.3) is 0 Å². The zero-order chi connectivity index (χ0) is 19.0. The predicted octanol–water partition coefficient (Wildman–Crippen LogP) is 4.71. The van der Waals surface area contributed by atoms with E-state index in [9.17, 15) is 0 Å². The highest BCUT2D eigenvalue weighted by Crippen LogP contribution is 2.23. The fraction of sp³-hybridized carbons (Fsp3) is 0.500. The maximum Gasteiger partial charge on any atom is 0.191 e. The molecule has 1 aromatic heterocycles. The maximum atomic E-state index is 5.67. The van der Waals surface area contributed by atoms with Gasteiger partial charge in [0.15, 0.2) is 5.96 Å². The average Bonchev–Trinajstić information content (AvgIpc) is 3.08. The molecule has 0 unspecified atom stereocenters. The summed E-state index contributed by atoms with van der Waals surface area (Å²) in [5.41, 5.74) is 2.29. The van der Waals surface area contributed by atoms with Crippen LogP contribution in [0.2, 0.25) is 0 Å². The van der Waals surface area contributed by atoms with E-state index < -0.39 is 0 Å². The van der Waals surface area contributed by atoms with Crippen LogP contribution in [0.15, 0.2) is 34.6 Å². The summed E-state index contributed by atoms with van der Waals surface area (Å²) in [6.45, 7) is 13.3. The van der Waals surface area contributed by atoms with Crippen molar-refractivity contribution in [3.63, 3.8) is 0 Å². The molecule has 0 bridgehead atoms. The highest BCUT2D eigenvalue weighted by molar-refractivity contribution is 14.0. The van der Waals surface area contributed by atoms with Crippen LogP contribution >= 0.6 is 35.3 Å². The Morgan fingerprint density at radius 2 is 1.93 bits per heavy atom. The molecule has 0 saturated carbocycles. The van der Waals surface area contributed by atoms with Crippen LogP contribution in [0.1, 0.15) is 50.9 Å². The highest BCUT2D eigenvalue weighted by Gasteiger charge is 2.17. The van der Waals surface area contributed by atoms with Crippen molar-refractivity contribution in [3.05, 3.63) is 45.9 Å². The van der Waals surface area contributed by atoms with Crippen LogP contribution in [0.5, 0.6) is 5.75 Å². The number of rotatable bonds is 7. The van der Waals surface area contributed by atoms with E-state index in [0.29, 0.717) is 19.7 Å². The molecule has 0 aliphatic rings. The molecule has 1 heterocycles. The highest BCUT2D eigenvalue weighted by atomic mass is 127. The van der Waals surface area contributed by atoms with Crippen molar-refractivity contribution >= 4 is 41.3 Å². The molecule has 0 aliphatic carbocycles. The molecular formula is C20H31IN4OS. The van der Waals surface area contributed by atoms with Crippen LogP contribution in [-0.2, 0) is 18.5 Å². The first-order valence-corrected chi connectivity index (χ1v) is 9.99. The van der Waals surface area contributed by atoms with Gasteiger partial charge in [-0.05, 0) is 19.9 Å². The predicted molar refractivity (Wildman–Crippen MR) is 125 cm³/mol. The number of ether oxygens (including phenoxy) is 1. The third-order valence-corrected chi connectivity index (χ3v) is 4.60. The molecule has 0 aliphatic heterocycles. The second-order valence-corrected chi connectivity index (χ2v) is 7.91. The monoisotopic (exact) mass is 502 g/mol. The van der Waals surface area contributed by atoms with Crippen molar-refractivity contribution in [2.45, 2.75) is 53.1 Å². The van der Waals surface area contributed by atoms with Crippen LogP contribution in [0.25, 0.3) is 0 Å². The van der Waals surface area contributed by atoms with Gasteiger partial charge in [0.1, 0.15) is 10.8 Å². The van der Waals surface area contributed by atoms with Gasteiger partial charge in [0.05, 0.1) is 25.4 Å². The first-order valence-electron chi connectivity index (χ1n) is 9.11. The van der Waals surface area contributed by atoms with Crippen LogP contribution in [0.3, 0.4) is 0 Å². The lowest BCUT2D eigenvalue weighted by Crippen LogP contribution is -2.36. The molecule has 0 spiro atoms. The molecule has 27 heavy (non-hydrogen) atoms. The van der Waals surface area contributed by atoms with Crippen molar-refractivity contribution in [2.75, 3.05) is 13.2 Å². The molecule has 1 aromatic carbocycles. The zero-order valence-electron chi connectivity index (χ0n) is 16.8. The first kappa shape index (κ1) is 23.7. The number of nitrogens with one attached hydrogen (secondary N) is 2. The first-order chi connectivity index (χ1) is 12.4. The Morgan fingerprint density at radius 1 is 1.19 bits per heavy atom. The lowest BCUT2D eigenvalue weighted by molar-refractivity contribution is 0.336. The summed E-state index contributed by atoms with van der Waals surface area (Å²) in [5, 5.41) is 9.86. The molecule has 0 atom stereocenters. The van der Waals surface area contributed by atoms with Gasteiger partial charge in [0.2, 0.25) is 0 Å². The SMILES string of the molecule is CCNC(=NCc1ccccc1OCC)NCc1nc(C(C)(C)C)cs1.I. The zero-order valence-corrected chi connectivity index (χ0v) is 20.0. The minimum atomic E-state index is 0. The van der Waals surface area contributed by atoms with E-state index in [-0.39, 0.29) is 29.4 Å². The normalized spacial score (nSPS) is 11.7. The van der Waals surface area contributed by atoms with Crippen LogP contribution < -0.4 is 15.4 Å². The molecule has 0 amide bonds. The summed E-state index contributed by atoms with van der Waals surface area (Å²) in [6, 6.07) is 8.03. The molecule has 0 fully saturated rings. The molecule has 2 rings (SSSR count). The van der Waals surface area contributed by atoms with Gasteiger partial charge in [-0.3, -0.25) is 0 Å². The molecule has 7 heteroatoms. The third-order valence-electron chi connectivity index (χ3n) is 3.75. The number of nitrogens with zero attached hydrogens (tertiary/aromatic N) is 2. The average molecular weight is 502 g/mol. The van der Waals surface area contributed by atoms with Gasteiger partial charge >= 0.3 is 0 Å². The molecule has 0 saturated heterocycles. The van der Waals surface area contributed by atoms with E-state index in [0.717, 1.165) is 34.5 Å². The van der Waals surface area contributed by atoms with Crippen LogP contribution in [0, 0.1) is 0 Å². The van der Waals surface area contributed by atoms with Crippen molar-refractivity contribution in [3.8, 4) is 5.75 Å². The minimum absolute atomic E-state index is 0. The molecular weight excluding hydrogens is 471 g/mol. The number of hydrogen-bond donors (Lipinski definition) is 2. The van der Waals surface area contributed by atoms with Gasteiger partial charge in [-0.1, -0.05) is 39.0 Å². The lowest BCUT2D eigenvalue weighted by atomic mass is 9.93. The van der Waals surface area contributed by atoms with Crippen molar-refractivity contribution in [1.82, 2.24) is 15.6 Å². The van der Waals surface area contributed by atoms with Crippen molar-refractivity contribution < 1.29 is 4.74 Å². The lowest BCUT2D eigenvalue weighted by Gasteiger charge is -2.14. The van der Waals surface area contributed by atoms with Gasteiger partial charge in [-0.2, -0.15) is 0 Å². The maximum absolute atomic E-state index is 5.67. The Kier molecular flexibility index (Phi) is 10.1. The third kappa shape index (κ3) is 7.65. The van der Waals surface area contributed by atoms with Crippen LogP contribution in [-0.4, -0.2) is 24.1 Å². The van der Waals surface area contributed by atoms with E-state index >= 15 is 0 Å². The van der Waals surface area contributed by atoms with E-state index in [1.165, 1.54) is 0 Å².